The van der Waals surface area contributed by atoms with Crippen molar-refractivity contribution in [2.24, 2.45) is 0 Å². The molecule has 0 N–H and O–H groups in total. The van der Waals surface area contributed by atoms with Crippen LogP contribution >= 0.6 is 11.3 Å². The fraction of sp³-hybridized carbons (Fsp3) is 0.421. The van der Waals surface area contributed by atoms with Gasteiger partial charge in [0.15, 0.2) is 0 Å². The minimum absolute atomic E-state index is 0.00864. The molecular weight excluding hydrogens is 334 g/mol. The lowest BCUT2D eigenvalue weighted by molar-refractivity contribution is -0.155. The Morgan fingerprint density at radius 2 is 1.92 bits per heavy atom. The van der Waals surface area contributed by atoms with E-state index in [2.05, 4.69) is 4.98 Å². The van der Waals surface area contributed by atoms with Crippen LogP contribution in [-0.2, 0) is 22.6 Å². The lowest BCUT2D eigenvalue weighted by Crippen LogP contribution is -2.58. The van der Waals surface area contributed by atoms with Crippen LogP contribution in [-0.4, -0.2) is 45.7 Å². The molecule has 0 spiro atoms. The molecule has 0 saturated carbocycles. The number of carbonyl (C=O) groups excluding carboxylic acids is 2. The van der Waals surface area contributed by atoms with Gasteiger partial charge < -0.3 is 9.80 Å². The van der Waals surface area contributed by atoms with Gasteiger partial charge in [-0.2, -0.15) is 0 Å². The average molecular weight is 357 g/mol. The van der Waals surface area contributed by atoms with Crippen molar-refractivity contribution < 1.29 is 9.59 Å². The van der Waals surface area contributed by atoms with E-state index in [0.29, 0.717) is 13.1 Å². The number of nitrogens with zero attached hydrogens (tertiary/aromatic N) is 3. The summed E-state index contributed by atoms with van der Waals surface area (Å²) in [4.78, 5) is 34.2. The van der Waals surface area contributed by atoms with E-state index >= 15 is 0 Å². The summed E-state index contributed by atoms with van der Waals surface area (Å²) >= 11 is 1.59. The molecule has 0 bridgehead atoms. The van der Waals surface area contributed by atoms with E-state index in [9.17, 15) is 9.59 Å². The van der Waals surface area contributed by atoms with E-state index in [1.165, 1.54) is 5.56 Å². The zero-order chi connectivity index (χ0) is 18.0. The van der Waals surface area contributed by atoms with Gasteiger partial charge in [-0.25, -0.2) is 4.98 Å². The minimum Gasteiger partial charge on any atom is -0.331 e. The Morgan fingerprint density at radius 1 is 1.20 bits per heavy atom. The molecule has 0 aliphatic carbocycles. The van der Waals surface area contributed by atoms with Gasteiger partial charge in [0.1, 0.15) is 11.0 Å². The molecule has 1 atom stereocenters. The number of amides is 2. The van der Waals surface area contributed by atoms with Crippen molar-refractivity contribution in [2.45, 2.75) is 39.8 Å². The highest BCUT2D eigenvalue weighted by atomic mass is 32.1. The summed E-state index contributed by atoms with van der Waals surface area (Å²) in [5, 5.41) is 0.890. The summed E-state index contributed by atoms with van der Waals surface area (Å²) in [6, 6.07) is 9.59. The number of aromatic nitrogens is 1. The molecule has 25 heavy (non-hydrogen) atoms. The molecule has 2 amide bonds. The second-order valence-corrected chi connectivity index (χ2v) is 7.73. The van der Waals surface area contributed by atoms with Gasteiger partial charge in [-0.05, 0) is 32.8 Å². The minimum atomic E-state index is -0.443. The highest BCUT2D eigenvalue weighted by molar-refractivity contribution is 7.11. The zero-order valence-electron chi connectivity index (χ0n) is 14.9. The van der Waals surface area contributed by atoms with Gasteiger partial charge in [0.25, 0.3) is 0 Å². The topological polar surface area (TPSA) is 53.5 Å². The second kappa shape index (κ2) is 7.35. The number of aryl methyl sites for hydroxylation is 2. The van der Waals surface area contributed by atoms with E-state index < -0.39 is 6.04 Å². The molecule has 2 aromatic rings. The van der Waals surface area contributed by atoms with Crippen LogP contribution in [0.1, 0.15) is 28.1 Å². The number of hydrogen-bond donors (Lipinski definition) is 0. The number of carbonyl (C=O) groups is 2. The van der Waals surface area contributed by atoms with Crippen LogP contribution in [0.2, 0.25) is 0 Å². The predicted octanol–water partition coefficient (Wildman–Crippen LogP) is 2.56. The first-order valence-electron chi connectivity index (χ1n) is 8.51. The highest BCUT2D eigenvalue weighted by Crippen LogP contribution is 2.21. The summed E-state index contributed by atoms with van der Waals surface area (Å²) in [5.74, 6) is 0.00574. The Kier molecular flexibility index (Phi) is 5.18. The molecule has 3 rings (SSSR count). The number of piperazine rings is 1. The third-order valence-corrected chi connectivity index (χ3v) is 5.73. The number of benzene rings is 1. The first kappa shape index (κ1) is 17.6. The van der Waals surface area contributed by atoms with Crippen LogP contribution in [0, 0.1) is 13.8 Å². The van der Waals surface area contributed by atoms with Crippen molar-refractivity contribution in [3.63, 3.8) is 0 Å². The van der Waals surface area contributed by atoms with E-state index in [1.807, 2.05) is 51.1 Å². The SMILES string of the molecule is Cc1nc(CN2C(=O)CN(CCc3ccccc3)C(=O)[C@@H]2C)sc1C. The Labute approximate surface area is 152 Å². The van der Waals surface area contributed by atoms with Crippen molar-refractivity contribution in [3.8, 4) is 0 Å². The molecule has 1 aromatic heterocycles. The van der Waals surface area contributed by atoms with Crippen LogP contribution in [0.25, 0.3) is 0 Å². The predicted molar refractivity (Wildman–Crippen MR) is 98.3 cm³/mol. The van der Waals surface area contributed by atoms with Gasteiger partial charge >= 0.3 is 0 Å². The quantitative estimate of drug-likeness (QED) is 0.826. The smallest absolute Gasteiger partial charge is 0.245 e. The van der Waals surface area contributed by atoms with Crippen molar-refractivity contribution in [1.82, 2.24) is 14.8 Å². The number of rotatable bonds is 5. The molecule has 6 heteroatoms. The molecule has 132 valence electrons. The molecule has 2 heterocycles. The fourth-order valence-electron chi connectivity index (χ4n) is 3.02. The van der Waals surface area contributed by atoms with E-state index in [4.69, 9.17) is 0 Å². The molecule has 0 radical (unpaired) electrons. The second-order valence-electron chi connectivity index (χ2n) is 6.44. The van der Waals surface area contributed by atoms with Gasteiger partial charge in [0.2, 0.25) is 11.8 Å². The zero-order valence-corrected chi connectivity index (χ0v) is 15.7. The van der Waals surface area contributed by atoms with E-state index in [1.54, 1.807) is 21.1 Å². The van der Waals surface area contributed by atoms with Crippen LogP contribution in [0.5, 0.6) is 0 Å². The molecule has 1 fully saturated rings. The number of thiazole rings is 1. The molecule has 1 aromatic carbocycles. The lowest BCUT2D eigenvalue weighted by atomic mass is 10.1. The molecule has 0 unspecified atom stereocenters. The Balaban J connectivity index is 1.64. The van der Waals surface area contributed by atoms with E-state index in [0.717, 1.165) is 22.0 Å². The largest absolute Gasteiger partial charge is 0.331 e. The molecule has 1 aliphatic heterocycles. The Hall–Kier alpha value is -2.21. The number of hydrogen-bond acceptors (Lipinski definition) is 4. The van der Waals surface area contributed by atoms with Gasteiger partial charge in [0, 0.05) is 11.4 Å². The van der Waals surface area contributed by atoms with Gasteiger partial charge in [-0.1, -0.05) is 30.3 Å². The van der Waals surface area contributed by atoms with Crippen molar-refractivity contribution in [2.75, 3.05) is 13.1 Å². The van der Waals surface area contributed by atoms with Crippen LogP contribution < -0.4 is 0 Å². The first-order chi connectivity index (χ1) is 12.0. The maximum absolute atomic E-state index is 12.7. The monoisotopic (exact) mass is 357 g/mol. The summed E-state index contributed by atoms with van der Waals surface area (Å²) in [7, 11) is 0. The summed E-state index contributed by atoms with van der Waals surface area (Å²) < 4.78 is 0. The maximum atomic E-state index is 12.7. The molecule has 1 saturated heterocycles. The third kappa shape index (κ3) is 3.90. The molecule has 1 aliphatic rings. The van der Waals surface area contributed by atoms with Crippen LogP contribution in [0.15, 0.2) is 30.3 Å². The maximum Gasteiger partial charge on any atom is 0.245 e. The fourth-order valence-corrected chi connectivity index (χ4v) is 3.95. The van der Waals surface area contributed by atoms with Gasteiger partial charge in [-0.15, -0.1) is 11.3 Å². The van der Waals surface area contributed by atoms with Crippen molar-refractivity contribution in [3.05, 3.63) is 51.5 Å². The first-order valence-corrected chi connectivity index (χ1v) is 9.32. The van der Waals surface area contributed by atoms with Crippen molar-refractivity contribution >= 4 is 23.2 Å². The van der Waals surface area contributed by atoms with Gasteiger partial charge in [0.05, 0.1) is 18.8 Å². The van der Waals surface area contributed by atoms with E-state index in [-0.39, 0.29) is 18.4 Å². The lowest BCUT2D eigenvalue weighted by Gasteiger charge is -2.38. The molecule has 5 nitrogen and oxygen atoms in total. The Morgan fingerprint density at radius 3 is 2.56 bits per heavy atom. The summed E-state index contributed by atoms with van der Waals surface area (Å²) in [5.41, 5.74) is 2.17. The average Bonchev–Trinajstić information content (AvgIpc) is 2.92. The highest BCUT2D eigenvalue weighted by Gasteiger charge is 2.36. The molecular formula is C19H23N3O2S. The van der Waals surface area contributed by atoms with Crippen molar-refractivity contribution in [1.29, 1.82) is 0 Å². The Bertz CT molecular complexity index is 753. The van der Waals surface area contributed by atoms with Crippen LogP contribution in [0.4, 0.5) is 0 Å². The van der Waals surface area contributed by atoms with Gasteiger partial charge in [-0.3, -0.25) is 9.59 Å². The summed E-state index contributed by atoms with van der Waals surface area (Å²) in [6.45, 7) is 6.93. The standard InChI is InChI=1S/C19H23N3O2S/c1-13-15(3)25-17(20-13)11-22-14(2)19(24)21(12-18(22)23)10-9-16-7-5-4-6-8-16/h4-8,14H,9-12H2,1-3H3/t14-/m0/s1. The third-order valence-electron chi connectivity index (χ3n) is 4.67. The summed E-state index contributed by atoms with van der Waals surface area (Å²) in [6.07, 6.45) is 0.761. The normalized spacial score (nSPS) is 18.1. The van der Waals surface area contributed by atoms with Crippen LogP contribution in [0.3, 0.4) is 0 Å².